The van der Waals surface area contributed by atoms with Crippen LogP contribution in [-0.2, 0) is 9.84 Å². The summed E-state index contributed by atoms with van der Waals surface area (Å²) in [6.45, 7) is 0. The van der Waals surface area contributed by atoms with Crippen molar-refractivity contribution in [1.82, 2.24) is 9.97 Å². The molecule has 0 radical (unpaired) electrons. The Kier molecular flexibility index (Phi) is 4.43. The van der Waals surface area contributed by atoms with Gasteiger partial charge in [0, 0.05) is 27.9 Å². The van der Waals surface area contributed by atoms with Gasteiger partial charge in [-0.15, -0.1) is 0 Å². The van der Waals surface area contributed by atoms with Gasteiger partial charge in [0.15, 0.2) is 9.84 Å². The molecule has 2 aromatic rings. The van der Waals surface area contributed by atoms with Crippen LogP contribution >= 0.6 is 22.6 Å². The van der Waals surface area contributed by atoms with Gasteiger partial charge in [-0.05, 0) is 40.8 Å². The van der Waals surface area contributed by atoms with E-state index in [4.69, 9.17) is 4.74 Å². The Bertz CT molecular complexity index is 717. The molecule has 1 aromatic carbocycles. The highest BCUT2D eigenvalue weighted by molar-refractivity contribution is 14.1. The molecule has 0 saturated carbocycles. The lowest BCUT2D eigenvalue weighted by Crippen LogP contribution is -2.03. The van der Waals surface area contributed by atoms with E-state index in [2.05, 4.69) is 37.9 Å². The topological polar surface area (TPSA) is 81.2 Å². The van der Waals surface area contributed by atoms with Crippen LogP contribution in [-0.4, -0.2) is 31.8 Å². The minimum atomic E-state index is -3.37. The lowest BCUT2D eigenvalue weighted by atomic mass is 10.3. The molecule has 0 bridgehead atoms. The maximum atomic E-state index is 11.7. The Morgan fingerprint density at radius 3 is 2.45 bits per heavy atom. The maximum Gasteiger partial charge on any atom is 0.227 e. The second kappa shape index (κ2) is 5.92. The van der Waals surface area contributed by atoms with Crippen molar-refractivity contribution < 1.29 is 13.2 Å². The van der Waals surface area contributed by atoms with Gasteiger partial charge in [-0.2, -0.15) is 0 Å². The Hall–Kier alpha value is -1.42. The minimum Gasteiger partial charge on any atom is -0.495 e. The number of hydrogen-bond donors (Lipinski definition) is 1. The van der Waals surface area contributed by atoms with Gasteiger partial charge >= 0.3 is 0 Å². The van der Waals surface area contributed by atoms with Gasteiger partial charge in [-0.3, -0.25) is 0 Å². The fourth-order valence-corrected chi connectivity index (χ4v) is 2.69. The van der Waals surface area contributed by atoms with Gasteiger partial charge in [0.25, 0.3) is 0 Å². The van der Waals surface area contributed by atoms with Gasteiger partial charge in [-0.1, -0.05) is 0 Å². The van der Waals surface area contributed by atoms with Crippen LogP contribution in [0.1, 0.15) is 0 Å². The molecule has 0 unspecified atom stereocenters. The molecule has 2 rings (SSSR count). The minimum absolute atomic E-state index is 0.121. The highest BCUT2D eigenvalue weighted by Gasteiger charge is 2.15. The van der Waals surface area contributed by atoms with Crippen molar-refractivity contribution in [2.45, 2.75) is 4.90 Å². The molecular formula is C12H12IN3O3S. The number of hydrogen-bond acceptors (Lipinski definition) is 6. The summed E-state index contributed by atoms with van der Waals surface area (Å²) < 4.78 is 29.4. The van der Waals surface area contributed by atoms with E-state index in [0.717, 1.165) is 9.83 Å². The first-order valence-corrected chi connectivity index (χ1v) is 8.50. The number of benzene rings is 1. The average Bonchev–Trinajstić information content (AvgIpc) is 2.40. The Morgan fingerprint density at radius 2 is 1.90 bits per heavy atom. The molecule has 0 spiro atoms. The predicted octanol–water partition coefficient (Wildman–Crippen LogP) is 2.24. The highest BCUT2D eigenvalue weighted by Crippen LogP contribution is 2.27. The third-order valence-corrected chi connectivity index (χ3v) is 4.11. The monoisotopic (exact) mass is 405 g/mol. The first-order valence-electron chi connectivity index (χ1n) is 5.53. The third kappa shape index (κ3) is 3.57. The predicted molar refractivity (Wildman–Crippen MR) is 84.1 cm³/mol. The molecule has 8 heteroatoms. The van der Waals surface area contributed by atoms with Crippen LogP contribution in [0.15, 0.2) is 35.5 Å². The maximum absolute atomic E-state index is 11.7. The van der Waals surface area contributed by atoms with Crippen LogP contribution < -0.4 is 10.1 Å². The number of sulfone groups is 1. The second-order valence-electron chi connectivity index (χ2n) is 3.99. The fourth-order valence-electron chi connectivity index (χ4n) is 1.55. The Morgan fingerprint density at radius 1 is 1.25 bits per heavy atom. The number of rotatable bonds is 4. The molecule has 0 aliphatic heterocycles. The molecule has 0 amide bonds. The molecule has 1 heterocycles. The summed E-state index contributed by atoms with van der Waals surface area (Å²) in [4.78, 5) is 8.32. The molecule has 20 heavy (non-hydrogen) atoms. The average molecular weight is 405 g/mol. The second-order valence-corrected chi connectivity index (χ2v) is 7.22. The molecule has 0 aliphatic carbocycles. The van der Waals surface area contributed by atoms with Crippen molar-refractivity contribution in [2.24, 2.45) is 0 Å². The van der Waals surface area contributed by atoms with Gasteiger partial charge in [0.05, 0.1) is 7.11 Å². The van der Waals surface area contributed by atoms with Crippen LogP contribution in [0.25, 0.3) is 0 Å². The van der Waals surface area contributed by atoms with E-state index < -0.39 is 9.84 Å². The van der Waals surface area contributed by atoms with Gasteiger partial charge < -0.3 is 10.1 Å². The number of anilines is 2. The number of ether oxygens (including phenoxy) is 1. The van der Waals surface area contributed by atoms with Crippen LogP contribution in [0, 0.1) is 3.57 Å². The normalized spacial score (nSPS) is 11.2. The quantitative estimate of drug-likeness (QED) is 0.786. The van der Waals surface area contributed by atoms with E-state index in [1.54, 1.807) is 24.5 Å². The first-order chi connectivity index (χ1) is 9.40. The number of aromatic nitrogens is 2. The molecule has 106 valence electrons. The lowest BCUT2D eigenvalue weighted by molar-refractivity contribution is 0.403. The third-order valence-electron chi connectivity index (χ3n) is 2.44. The van der Waals surface area contributed by atoms with Crippen molar-refractivity contribution in [3.05, 3.63) is 34.2 Å². The number of nitrogens with zero attached hydrogens (tertiary/aromatic N) is 2. The largest absolute Gasteiger partial charge is 0.495 e. The zero-order valence-corrected chi connectivity index (χ0v) is 13.8. The number of nitrogens with one attached hydrogen (secondary N) is 1. The van der Waals surface area contributed by atoms with E-state index in [0.29, 0.717) is 17.4 Å². The van der Waals surface area contributed by atoms with E-state index in [1.807, 2.05) is 0 Å². The molecule has 1 N–H and O–H groups in total. The molecular weight excluding hydrogens is 393 g/mol. The van der Waals surface area contributed by atoms with Crippen molar-refractivity contribution in [1.29, 1.82) is 0 Å². The van der Waals surface area contributed by atoms with Crippen LogP contribution in [0.5, 0.6) is 5.75 Å². The highest BCUT2D eigenvalue weighted by atomic mass is 127. The lowest BCUT2D eigenvalue weighted by Gasteiger charge is -2.10. The van der Waals surface area contributed by atoms with Crippen LogP contribution in [0.2, 0.25) is 0 Å². The summed E-state index contributed by atoms with van der Waals surface area (Å²) in [6, 6.07) is 4.79. The van der Waals surface area contributed by atoms with E-state index in [9.17, 15) is 8.42 Å². The first kappa shape index (κ1) is 15.0. The van der Waals surface area contributed by atoms with Crippen molar-refractivity contribution >= 4 is 44.1 Å². The van der Waals surface area contributed by atoms with Crippen LogP contribution in [0.3, 0.4) is 0 Å². The summed E-state index contributed by atoms with van der Waals surface area (Å²) in [5.74, 6) is 0.705. The van der Waals surface area contributed by atoms with Gasteiger partial charge in [0.1, 0.15) is 10.6 Å². The summed E-state index contributed by atoms with van der Waals surface area (Å²) in [7, 11) is -1.94. The summed E-state index contributed by atoms with van der Waals surface area (Å²) in [5.41, 5.74) is 0.576. The Balaban J connectivity index is 2.36. The van der Waals surface area contributed by atoms with Crippen molar-refractivity contribution in [3.63, 3.8) is 0 Å². The zero-order chi connectivity index (χ0) is 14.8. The van der Waals surface area contributed by atoms with Gasteiger partial charge in [-0.25, -0.2) is 18.4 Å². The molecule has 0 atom stereocenters. The molecule has 0 aliphatic rings. The van der Waals surface area contributed by atoms with Gasteiger partial charge in [0.2, 0.25) is 5.95 Å². The van der Waals surface area contributed by atoms with E-state index >= 15 is 0 Å². The van der Waals surface area contributed by atoms with Crippen molar-refractivity contribution in [3.8, 4) is 5.75 Å². The number of methoxy groups -OCH3 is 1. The summed E-state index contributed by atoms with van der Waals surface area (Å²) >= 11 is 2.10. The smallest absolute Gasteiger partial charge is 0.227 e. The fraction of sp³-hybridized carbons (Fsp3) is 0.167. The summed E-state index contributed by atoms with van der Waals surface area (Å²) in [6.07, 6.45) is 4.46. The molecule has 1 aromatic heterocycles. The van der Waals surface area contributed by atoms with E-state index in [1.165, 1.54) is 13.2 Å². The zero-order valence-electron chi connectivity index (χ0n) is 10.8. The SMILES string of the molecule is COc1ccc(Nc2ncc(I)cn2)cc1S(C)(=O)=O. The molecule has 0 saturated heterocycles. The van der Waals surface area contributed by atoms with E-state index in [-0.39, 0.29) is 4.90 Å². The Labute approximate surface area is 130 Å². The summed E-state index contributed by atoms with van der Waals surface area (Å²) in [5, 5.41) is 2.95. The van der Waals surface area contributed by atoms with Crippen molar-refractivity contribution in [2.75, 3.05) is 18.7 Å². The number of halogens is 1. The molecule has 6 nitrogen and oxygen atoms in total. The molecule has 0 fully saturated rings. The standard InChI is InChI=1S/C12H12IN3O3S/c1-19-10-4-3-9(5-11(10)20(2,17)18)16-12-14-6-8(13)7-15-12/h3-7H,1-2H3,(H,14,15,16). The van der Waals surface area contributed by atoms with Crippen LogP contribution in [0.4, 0.5) is 11.6 Å².